The minimum atomic E-state index is -5.09. The number of aromatic nitrogens is 5. The van der Waals surface area contributed by atoms with E-state index in [-0.39, 0.29) is 41.5 Å². The first kappa shape index (κ1) is 31.5. The van der Waals surface area contributed by atoms with Crippen LogP contribution in [-0.4, -0.2) is 44.0 Å². The first-order chi connectivity index (χ1) is 20.1. The monoisotopic (exact) mass is 622 g/mol. The van der Waals surface area contributed by atoms with Crippen LogP contribution in [0.15, 0.2) is 52.6 Å². The molecule has 18 heteroatoms. The van der Waals surface area contributed by atoms with Crippen molar-refractivity contribution in [3.05, 3.63) is 80.6 Å². The van der Waals surface area contributed by atoms with Crippen molar-refractivity contribution >= 4 is 16.6 Å². The molecule has 1 atom stereocenters. The van der Waals surface area contributed by atoms with E-state index in [9.17, 15) is 49.1 Å². The van der Waals surface area contributed by atoms with Crippen molar-refractivity contribution in [2.24, 2.45) is 0 Å². The first-order valence-corrected chi connectivity index (χ1v) is 12.2. The number of hydrogen-bond donors (Lipinski definition) is 2. The van der Waals surface area contributed by atoms with E-state index in [0.717, 1.165) is 35.2 Å². The molecule has 43 heavy (non-hydrogen) atoms. The first-order valence-electron chi connectivity index (χ1n) is 12.2. The summed E-state index contributed by atoms with van der Waals surface area (Å²) >= 11 is 0. The number of alkyl halides is 8. The SMILES string of the molecule is O=c1[nH]ncc(NC(CCCn2cnc3cc(-c4ccc(C(F)(F)F)cn4)c(F)cc3c2=O)COC(F)F)c1C(F)(F)F. The summed E-state index contributed by atoms with van der Waals surface area (Å²) in [6.07, 6.45) is -7.56. The second-order valence-electron chi connectivity index (χ2n) is 9.09. The molecule has 1 aromatic carbocycles. The summed E-state index contributed by atoms with van der Waals surface area (Å²) in [4.78, 5) is 32.4. The molecule has 2 N–H and O–H groups in total. The van der Waals surface area contributed by atoms with Gasteiger partial charge in [0.2, 0.25) is 0 Å². The number of fused-ring (bicyclic) bond motifs is 1. The molecular weight excluding hydrogens is 603 g/mol. The summed E-state index contributed by atoms with van der Waals surface area (Å²) in [5.74, 6) is -0.961. The van der Waals surface area contributed by atoms with Crippen LogP contribution in [0.5, 0.6) is 0 Å². The van der Waals surface area contributed by atoms with Crippen molar-refractivity contribution in [1.29, 1.82) is 0 Å². The molecule has 4 aromatic rings. The maximum absolute atomic E-state index is 14.9. The second kappa shape index (κ2) is 12.4. The average molecular weight is 622 g/mol. The Kier molecular flexibility index (Phi) is 9.07. The van der Waals surface area contributed by atoms with Crippen LogP contribution in [0.1, 0.15) is 24.0 Å². The van der Waals surface area contributed by atoms with E-state index in [0.29, 0.717) is 12.4 Å². The Balaban J connectivity index is 1.52. The summed E-state index contributed by atoms with van der Waals surface area (Å²) < 4.78 is 124. The standard InChI is InChI=1S/C25H19F9N6O3/c26-16-6-15-18(7-14(16)17-4-3-12(8-35-17)24(29,30)31)36-11-40(22(15)42)5-1-2-13(10-43-23(27)28)38-19-9-37-39-21(41)20(19)25(32,33)34/h3-4,6-9,11,13,23H,1-2,5,10H2,(H2,38,39,41). The fourth-order valence-electron chi connectivity index (χ4n) is 4.16. The maximum atomic E-state index is 14.9. The third kappa shape index (κ3) is 7.49. The largest absolute Gasteiger partial charge is 0.423 e. The Morgan fingerprint density at radius 1 is 1.00 bits per heavy atom. The fourth-order valence-corrected chi connectivity index (χ4v) is 4.16. The van der Waals surface area contributed by atoms with Crippen LogP contribution in [0, 0.1) is 5.82 Å². The molecule has 9 nitrogen and oxygen atoms in total. The van der Waals surface area contributed by atoms with E-state index < -0.39 is 65.4 Å². The Hall–Kier alpha value is -4.48. The molecule has 0 spiro atoms. The van der Waals surface area contributed by atoms with Gasteiger partial charge in [-0.3, -0.25) is 19.1 Å². The van der Waals surface area contributed by atoms with Crippen LogP contribution in [0.2, 0.25) is 0 Å². The van der Waals surface area contributed by atoms with Crippen LogP contribution in [-0.2, 0) is 23.6 Å². The number of nitrogens with zero attached hydrogens (tertiary/aromatic N) is 4. The van der Waals surface area contributed by atoms with Crippen molar-refractivity contribution < 1.29 is 44.3 Å². The predicted octanol–water partition coefficient (Wildman–Crippen LogP) is 5.22. The highest BCUT2D eigenvalue weighted by Gasteiger charge is 2.38. The second-order valence-corrected chi connectivity index (χ2v) is 9.09. The number of aryl methyl sites for hydroxylation is 1. The van der Waals surface area contributed by atoms with Gasteiger partial charge in [0.25, 0.3) is 11.1 Å². The zero-order valence-electron chi connectivity index (χ0n) is 21.4. The van der Waals surface area contributed by atoms with E-state index in [2.05, 4.69) is 25.1 Å². The minimum absolute atomic E-state index is 0.00528. The van der Waals surface area contributed by atoms with Gasteiger partial charge in [-0.25, -0.2) is 14.5 Å². The third-order valence-corrected chi connectivity index (χ3v) is 6.15. The Morgan fingerprint density at radius 2 is 1.74 bits per heavy atom. The van der Waals surface area contributed by atoms with Crippen LogP contribution in [0.4, 0.5) is 45.2 Å². The molecule has 1 unspecified atom stereocenters. The number of H-pyrrole nitrogens is 1. The molecule has 230 valence electrons. The molecular formula is C25H19F9N6O3. The van der Waals surface area contributed by atoms with Crippen LogP contribution in [0.3, 0.4) is 0 Å². The van der Waals surface area contributed by atoms with Crippen LogP contribution in [0.25, 0.3) is 22.2 Å². The molecule has 0 saturated heterocycles. The average Bonchev–Trinajstić information content (AvgIpc) is 2.91. The van der Waals surface area contributed by atoms with E-state index in [1.54, 1.807) is 5.10 Å². The number of hydrogen-bond acceptors (Lipinski definition) is 7. The van der Waals surface area contributed by atoms with Crippen LogP contribution >= 0.6 is 0 Å². The van der Waals surface area contributed by atoms with Crippen molar-refractivity contribution in [1.82, 2.24) is 24.7 Å². The lowest BCUT2D eigenvalue weighted by Gasteiger charge is -2.22. The van der Waals surface area contributed by atoms with Gasteiger partial charge in [-0.1, -0.05) is 0 Å². The maximum Gasteiger partial charge on any atom is 0.423 e. The van der Waals surface area contributed by atoms with Crippen LogP contribution < -0.4 is 16.4 Å². The number of anilines is 1. The van der Waals surface area contributed by atoms with Gasteiger partial charge in [0.1, 0.15) is 11.4 Å². The summed E-state index contributed by atoms with van der Waals surface area (Å²) in [5, 5.41) is 7.10. The van der Waals surface area contributed by atoms with Crippen molar-refractivity contribution in [3.8, 4) is 11.3 Å². The summed E-state index contributed by atoms with van der Waals surface area (Å²) in [5.41, 5.74) is -6.02. The van der Waals surface area contributed by atoms with Gasteiger partial charge in [-0.2, -0.15) is 40.2 Å². The number of ether oxygens (including phenoxy) is 1. The molecule has 3 aromatic heterocycles. The van der Waals surface area contributed by atoms with Gasteiger partial charge >= 0.3 is 19.0 Å². The zero-order chi connectivity index (χ0) is 31.5. The highest BCUT2D eigenvalue weighted by atomic mass is 19.4. The molecule has 0 saturated carbocycles. The molecule has 0 amide bonds. The summed E-state index contributed by atoms with van der Waals surface area (Å²) in [6, 6.07) is 2.49. The molecule has 0 aliphatic rings. The highest BCUT2D eigenvalue weighted by molar-refractivity contribution is 5.83. The highest BCUT2D eigenvalue weighted by Crippen LogP contribution is 2.33. The van der Waals surface area contributed by atoms with Gasteiger partial charge in [-0.05, 0) is 37.1 Å². The molecule has 0 fully saturated rings. The summed E-state index contributed by atoms with van der Waals surface area (Å²) in [7, 11) is 0. The fraction of sp³-hybridized carbons (Fsp3) is 0.320. The Morgan fingerprint density at radius 3 is 2.37 bits per heavy atom. The number of pyridine rings is 1. The van der Waals surface area contributed by atoms with Gasteiger partial charge in [0.05, 0.1) is 47.0 Å². The number of benzene rings is 1. The van der Waals surface area contributed by atoms with Crippen molar-refractivity contribution in [2.75, 3.05) is 11.9 Å². The number of nitrogens with one attached hydrogen (secondary N) is 2. The van der Waals surface area contributed by atoms with Gasteiger partial charge in [0, 0.05) is 24.3 Å². The predicted molar refractivity (Wildman–Crippen MR) is 133 cm³/mol. The molecule has 3 heterocycles. The molecule has 0 bridgehead atoms. The van der Waals surface area contributed by atoms with E-state index >= 15 is 0 Å². The van der Waals surface area contributed by atoms with Gasteiger partial charge in [0.15, 0.2) is 0 Å². The Bertz CT molecular complexity index is 1700. The van der Waals surface area contributed by atoms with Gasteiger partial charge in [-0.15, -0.1) is 0 Å². The quantitative estimate of drug-likeness (QED) is 0.233. The lowest BCUT2D eigenvalue weighted by atomic mass is 10.1. The zero-order valence-corrected chi connectivity index (χ0v) is 21.4. The van der Waals surface area contributed by atoms with Crippen molar-refractivity contribution in [2.45, 2.75) is 44.4 Å². The lowest BCUT2D eigenvalue weighted by molar-refractivity contribution is -0.139. The lowest BCUT2D eigenvalue weighted by Crippen LogP contribution is -2.32. The normalized spacial score (nSPS) is 13.1. The third-order valence-electron chi connectivity index (χ3n) is 6.15. The van der Waals surface area contributed by atoms with Crippen molar-refractivity contribution in [3.63, 3.8) is 0 Å². The Labute approximate surface area is 234 Å². The number of aromatic amines is 1. The molecule has 4 rings (SSSR count). The van der Waals surface area contributed by atoms with Gasteiger partial charge < -0.3 is 10.1 Å². The molecule has 0 radical (unpaired) electrons. The van der Waals surface area contributed by atoms with E-state index in [4.69, 9.17) is 0 Å². The minimum Gasteiger partial charge on any atom is -0.378 e. The van der Waals surface area contributed by atoms with E-state index in [1.165, 1.54) is 0 Å². The molecule has 0 aliphatic carbocycles. The number of halogens is 9. The topological polar surface area (TPSA) is 115 Å². The number of rotatable bonds is 10. The van der Waals surface area contributed by atoms with E-state index in [1.807, 2.05) is 0 Å². The molecule has 0 aliphatic heterocycles. The summed E-state index contributed by atoms with van der Waals surface area (Å²) in [6.45, 7) is -4.13. The smallest absolute Gasteiger partial charge is 0.378 e.